The lowest BCUT2D eigenvalue weighted by Crippen LogP contribution is -2.39. The number of hydrogen-bond donors (Lipinski definition) is 2. The summed E-state index contributed by atoms with van der Waals surface area (Å²) in [5.41, 5.74) is -0.370. The van der Waals surface area contributed by atoms with Crippen molar-refractivity contribution in [1.29, 1.82) is 0 Å². The Labute approximate surface area is 160 Å². The Morgan fingerprint density at radius 1 is 1.21 bits per heavy atom. The molecule has 0 spiro atoms. The van der Waals surface area contributed by atoms with Crippen molar-refractivity contribution < 1.29 is 18.3 Å². The molecule has 2 N–H and O–H groups in total. The van der Waals surface area contributed by atoms with Crippen LogP contribution in [0.2, 0.25) is 0 Å². The summed E-state index contributed by atoms with van der Waals surface area (Å²) in [6, 6.07) is 8.90. The summed E-state index contributed by atoms with van der Waals surface area (Å²) in [4.78, 5) is 16.3. The van der Waals surface area contributed by atoms with E-state index in [9.17, 15) is 13.6 Å². The van der Waals surface area contributed by atoms with E-state index in [4.69, 9.17) is 4.74 Å². The highest BCUT2D eigenvalue weighted by Crippen LogP contribution is 2.29. The summed E-state index contributed by atoms with van der Waals surface area (Å²) in [5.74, 6) is 0.400. The van der Waals surface area contributed by atoms with Crippen molar-refractivity contribution in [2.45, 2.75) is 44.3 Å². The van der Waals surface area contributed by atoms with Crippen LogP contribution >= 0.6 is 0 Å². The maximum Gasteiger partial charge on any atom is 0.279 e. The molecule has 2 aromatic heterocycles. The van der Waals surface area contributed by atoms with Gasteiger partial charge in [-0.25, -0.2) is 8.78 Å². The number of ether oxygens (including phenoxy) is 1. The van der Waals surface area contributed by atoms with Crippen LogP contribution in [0, 0.1) is 0 Å². The normalized spacial score (nSPS) is 19.7. The predicted molar refractivity (Wildman–Crippen MR) is 99.4 cm³/mol. The Kier molecular flexibility index (Phi) is 5.18. The number of carbonyl (C=O) groups excluding carboxylic acids is 1. The van der Waals surface area contributed by atoms with Crippen LogP contribution in [-0.2, 0) is 0 Å². The number of hydrogen-bond acceptors (Lipinski definition) is 4. The number of fused-ring (bicyclic) bond motifs is 1. The number of H-pyrrole nitrogens is 1. The fourth-order valence-corrected chi connectivity index (χ4v) is 3.52. The Balaban J connectivity index is 1.32. The molecule has 1 saturated carbocycles. The maximum absolute atomic E-state index is 12.6. The van der Waals surface area contributed by atoms with Gasteiger partial charge in [0.1, 0.15) is 17.1 Å². The van der Waals surface area contributed by atoms with Gasteiger partial charge in [-0.2, -0.15) is 5.10 Å². The zero-order valence-corrected chi connectivity index (χ0v) is 15.1. The number of carbonyl (C=O) groups is 1. The minimum absolute atomic E-state index is 0.0157. The quantitative estimate of drug-likeness (QED) is 0.694. The topological polar surface area (TPSA) is 79.9 Å². The van der Waals surface area contributed by atoms with Crippen molar-refractivity contribution in [2.75, 3.05) is 0 Å². The highest BCUT2D eigenvalue weighted by atomic mass is 19.3. The van der Waals surface area contributed by atoms with Gasteiger partial charge in [-0.05, 0) is 43.9 Å². The largest absolute Gasteiger partial charge is 0.490 e. The molecule has 1 aliphatic carbocycles. The Morgan fingerprint density at radius 2 is 2.04 bits per heavy atom. The van der Waals surface area contributed by atoms with Gasteiger partial charge in [-0.1, -0.05) is 12.1 Å². The van der Waals surface area contributed by atoms with Crippen molar-refractivity contribution in [2.24, 2.45) is 0 Å². The number of benzene rings is 1. The second-order valence-electron chi connectivity index (χ2n) is 6.93. The second-order valence-corrected chi connectivity index (χ2v) is 6.93. The van der Waals surface area contributed by atoms with Gasteiger partial charge in [0.05, 0.1) is 6.10 Å². The highest BCUT2D eigenvalue weighted by Gasteiger charge is 2.25. The molecule has 1 aliphatic rings. The fraction of sp³-hybridized carbons (Fsp3) is 0.350. The van der Waals surface area contributed by atoms with Crippen LogP contribution < -0.4 is 10.1 Å². The van der Waals surface area contributed by atoms with Crippen LogP contribution in [0.25, 0.3) is 10.8 Å². The molecule has 1 amide bonds. The van der Waals surface area contributed by atoms with Crippen molar-refractivity contribution in [1.82, 2.24) is 20.5 Å². The van der Waals surface area contributed by atoms with Gasteiger partial charge in [0, 0.05) is 29.2 Å². The van der Waals surface area contributed by atoms with Crippen LogP contribution in [-0.4, -0.2) is 33.2 Å². The molecule has 8 heteroatoms. The van der Waals surface area contributed by atoms with Crippen LogP contribution in [0.15, 0.2) is 42.7 Å². The summed E-state index contributed by atoms with van der Waals surface area (Å²) in [5, 5.41) is 10.8. The first kappa shape index (κ1) is 18.3. The van der Waals surface area contributed by atoms with E-state index >= 15 is 0 Å². The number of nitrogens with zero attached hydrogens (tertiary/aromatic N) is 2. The molecule has 6 nitrogen and oxygen atoms in total. The van der Waals surface area contributed by atoms with E-state index in [-0.39, 0.29) is 23.5 Å². The van der Waals surface area contributed by atoms with E-state index in [1.807, 2.05) is 30.5 Å². The third kappa shape index (κ3) is 3.95. The fourth-order valence-electron chi connectivity index (χ4n) is 3.52. The molecular formula is C20H20F2N4O2. The first-order valence-electron chi connectivity index (χ1n) is 9.24. The SMILES string of the molecule is O=C(NC1CCC(Oc2cccc3cnccc23)CC1)c1cc(C(F)F)[nH]n1. The Morgan fingerprint density at radius 3 is 2.79 bits per heavy atom. The second kappa shape index (κ2) is 7.92. The monoisotopic (exact) mass is 386 g/mol. The lowest BCUT2D eigenvalue weighted by molar-refractivity contribution is 0.0890. The predicted octanol–water partition coefficient (Wildman–Crippen LogP) is 4.02. The van der Waals surface area contributed by atoms with E-state index in [2.05, 4.69) is 20.5 Å². The summed E-state index contributed by atoms with van der Waals surface area (Å²) < 4.78 is 31.4. The number of rotatable bonds is 5. The molecular weight excluding hydrogens is 366 g/mol. The van der Waals surface area contributed by atoms with Crippen LogP contribution in [0.1, 0.15) is 48.3 Å². The summed E-state index contributed by atoms with van der Waals surface area (Å²) >= 11 is 0. The van der Waals surface area contributed by atoms with Crippen LogP contribution in [0.5, 0.6) is 5.75 Å². The molecule has 0 unspecified atom stereocenters. The van der Waals surface area contributed by atoms with Crippen molar-refractivity contribution in [3.05, 3.63) is 54.1 Å². The molecule has 1 aromatic carbocycles. The number of aromatic amines is 1. The van der Waals surface area contributed by atoms with E-state index in [1.165, 1.54) is 0 Å². The van der Waals surface area contributed by atoms with Gasteiger partial charge in [0.25, 0.3) is 12.3 Å². The lowest BCUT2D eigenvalue weighted by atomic mass is 9.92. The highest BCUT2D eigenvalue weighted by molar-refractivity contribution is 5.92. The lowest BCUT2D eigenvalue weighted by Gasteiger charge is -2.29. The number of alkyl halides is 2. The molecule has 146 valence electrons. The van der Waals surface area contributed by atoms with Gasteiger partial charge in [0.2, 0.25) is 0 Å². The number of pyridine rings is 1. The minimum Gasteiger partial charge on any atom is -0.490 e. The average molecular weight is 386 g/mol. The van der Waals surface area contributed by atoms with E-state index in [0.29, 0.717) is 0 Å². The maximum atomic E-state index is 12.6. The zero-order chi connectivity index (χ0) is 19.5. The average Bonchev–Trinajstić information content (AvgIpc) is 3.21. The van der Waals surface area contributed by atoms with Crippen molar-refractivity contribution in [3.63, 3.8) is 0 Å². The van der Waals surface area contributed by atoms with E-state index in [1.54, 1.807) is 6.20 Å². The molecule has 1 fully saturated rings. The molecule has 0 saturated heterocycles. The first-order valence-corrected chi connectivity index (χ1v) is 9.24. The number of nitrogens with one attached hydrogen (secondary N) is 2. The van der Waals surface area contributed by atoms with Crippen LogP contribution in [0.3, 0.4) is 0 Å². The number of amides is 1. The molecule has 2 heterocycles. The molecule has 0 bridgehead atoms. The van der Waals surface area contributed by atoms with Gasteiger partial charge in [-0.15, -0.1) is 0 Å². The van der Waals surface area contributed by atoms with Crippen LogP contribution in [0.4, 0.5) is 8.78 Å². The van der Waals surface area contributed by atoms with Gasteiger partial charge < -0.3 is 10.1 Å². The minimum atomic E-state index is -2.67. The summed E-state index contributed by atoms with van der Waals surface area (Å²) in [6.45, 7) is 0. The number of halogens is 2. The van der Waals surface area contributed by atoms with Gasteiger partial charge in [-0.3, -0.25) is 14.9 Å². The number of aromatic nitrogens is 3. The first-order chi connectivity index (χ1) is 13.6. The van der Waals surface area contributed by atoms with Gasteiger partial charge >= 0.3 is 0 Å². The molecule has 3 aromatic rings. The summed E-state index contributed by atoms with van der Waals surface area (Å²) in [7, 11) is 0. The molecule has 4 rings (SSSR count). The standard InChI is InChI=1S/C20H20F2N4O2/c21-19(22)16-10-17(26-25-16)20(27)24-13-4-6-14(7-5-13)28-18-3-1-2-12-11-23-9-8-15(12)18/h1-3,8-11,13-14,19H,4-7H2,(H,24,27)(H,25,26). The van der Waals surface area contributed by atoms with Gasteiger partial charge in [0.15, 0.2) is 0 Å². The Bertz CT molecular complexity index is 962. The molecule has 28 heavy (non-hydrogen) atoms. The zero-order valence-electron chi connectivity index (χ0n) is 15.1. The summed E-state index contributed by atoms with van der Waals surface area (Å²) in [6.07, 6.45) is 4.07. The van der Waals surface area contributed by atoms with E-state index in [0.717, 1.165) is 48.3 Å². The Hall–Kier alpha value is -3.03. The third-order valence-corrected chi connectivity index (χ3v) is 5.01. The van der Waals surface area contributed by atoms with Crippen molar-refractivity contribution >= 4 is 16.7 Å². The smallest absolute Gasteiger partial charge is 0.279 e. The molecule has 0 atom stereocenters. The van der Waals surface area contributed by atoms with E-state index < -0.39 is 12.3 Å². The molecule has 0 aliphatic heterocycles. The molecule has 0 radical (unpaired) electrons. The third-order valence-electron chi connectivity index (χ3n) is 5.01. The van der Waals surface area contributed by atoms with Crippen molar-refractivity contribution in [3.8, 4) is 5.75 Å².